The van der Waals surface area contributed by atoms with Gasteiger partial charge in [-0.05, 0) is 56.0 Å². The van der Waals surface area contributed by atoms with E-state index in [0.29, 0.717) is 29.0 Å². The molecule has 6 rings (SSSR count). The maximum atomic E-state index is 13.3. The van der Waals surface area contributed by atoms with Crippen LogP contribution in [0.15, 0.2) is 55.1 Å². The van der Waals surface area contributed by atoms with Crippen molar-refractivity contribution in [3.63, 3.8) is 0 Å². The van der Waals surface area contributed by atoms with E-state index in [1.54, 1.807) is 47.5 Å². The molecule has 180 valence electrons. The number of benzene rings is 1. The number of pyridine rings is 1. The van der Waals surface area contributed by atoms with Crippen LogP contribution in [0.2, 0.25) is 0 Å². The fourth-order valence-electron chi connectivity index (χ4n) is 5.08. The summed E-state index contributed by atoms with van der Waals surface area (Å²) in [5.74, 6) is 0.0228. The molecule has 1 aliphatic heterocycles. The third-order valence-electron chi connectivity index (χ3n) is 6.88. The summed E-state index contributed by atoms with van der Waals surface area (Å²) in [6.45, 7) is 8.19. The largest absolute Gasteiger partial charge is 0.297 e. The van der Waals surface area contributed by atoms with E-state index >= 15 is 0 Å². The van der Waals surface area contributed by atoms with Crippen molar-refractivity contribution < 1.29 is 9.59 Å². The lowest BCUT2D eigenvalue weighted by molar-refractivity contribution is 0.0555. The topological polar surface area (TPSA) is 98.3 Å². The van der Waals surface area contributed by atoms with Gasteiger partial charge in [0.25, 0.3) is 11.8 Å². The lowest BCUT2D eigenvalue weighted by Gasteiger charge is -2.25. The van der Waals surface area contributed by atoms with E-state index in [1.165, 1.54) is 4.90 Å². The molecular formula is C27H25N7O2. The van der Waals surface area contributed by atoms with Gasteiger partial charge < -0.3 is 0 Å². The van der Waals surface area contributed by atoms with Gasteiger partial charge in [0.1, 0.15) is 12.4 Å². The number of nitrogens with zero attached hydrogens (tertiary/aromatic N) is 7. The van der Waals surface area contributed by atoms with Gasteiger partial charge in [-0.15, -0.1) is 5.10 Å². The molecule has 9 heteroatoms. The second kappa shape index (κ2) is 8.08. The van der Waals surface area contributed by atoms with E-state index in [0.717, 1.165) is 28.0 Å². The van der Waals surface area contributed by atoms with Crippen LogP contribution in [0.3, 0.4) is 0 Å². The van der Waals surface area contributed by atoms with Crippen molar-refractivity contribution in [1.82, 2.24) is 34.0 Å². The molecule has 9 nitrogen and oxygen atoms in total. The van der Waals surface area contributed by atoms with Crippen molar-refractivity contribution in [2.24, 2.45) is 5.92 Å². The fraction of sp³-hybridized carbons (Fsp3) is 0.259. The molecule has 0 spiro atoms. The van der Waals surface area contributed by atoms with Crippen LogP contribution in [0.25, 0.3) is 22.4 Å². The lowest BCUT2D eigenvalue weighted by atomic mass is 10.0. The van der Waals surface area contributed by atoms with E-state index < -0.39 is 6.04 Å². The minimum absolute atomic E-state index is 0.208. The normalized spacial score (nSPS) is 14.4. The molecular weight excluding hydrogens is 454 g/mol. The number of imide groups is 1. The van der Waals surface area contributed by atoms with Gasteiger partial charge >= 0.3 is 0 Å². The van der Waals surface area contributed by atoms with Crippen LogP contribution in [0.5, 0.6) is 0 Å². The van der Waals surface area contributed by atoms with Gasteiger partial charge in [0.05, 0.1) is 28.4 Å². The van der Waals surface area contributed by atoms with E-state index in [9.17, 15) is 9.59 Å². The second-order valence-corrected chi connectivity index (χ2v) is 9.61. The van der Waals surface area contributed by atoms with E-state index in [2.05, 4.69) is 23.4 Å². The zero-order valence-electron chi connectivity index (χ0n) is 20.5. The Morgan fingerprint density at radius 3 is 2.31 bits per heavy atom. The summed E-state index contributed by atoms with van der Waals surface area (Å²) in [6, 6.07) is 10.2. The molecule has 0 unspecified atom stereocenters. The van der Waals surface area contributed by atoms with Crippen molar-refractivity contribution in [3.8, 4) is 5.69 Å². The minimum Gasteiger partial charge on any atom is -0.297 e. The molecule has 0 saturated carbocycles. The second-order valence-electron chi connectivity index (χ2n) is 9.61. The molecule has 0 radical (unpaired) electrons. The number of carbonyl (C=O) groups is 2. The third kappa shape index (κ3) is 3.16. The summed E-state index contributed by atoms with van der Waals surface area (Å²) in [5, 5.41) is 5.60. The smallest absolute Gasteiger partial charge is 0.262 e. The Hall–Kier alpha value is -4.40. The fourth-order valence-corrected chi connectivity index (χ4v) is 5.08. The highest BCUT2D eigenvalue weighted by Crippen LogP contribution is 2.35. The zero-order valence-corrected chi connectivity index (χ0v) is 20.5. The molecule has 0 fully saturated rings. The zero-order chi connectivity index (χ0) is 25.1. The van der Waals surface area contributed by atoms with Crippen LogP contribution in [0, 0.1) is 19.8 Å². The highest BCUT2D eigenvalue weighted by Gasteiger charge is 2.42. The third-order valence-corrected chi connectivity index (χ3v) is 6.88. The van der Waals surface area contributed by atoms with Gasteiger partial charge in [-0.2, -0.15) is 0 Å². The summed E-state index contributed by atoms with van der Waals surface area (Å²) in [6.07, 6.45) is 5.72. The predicted molar refractivity (Wildman–Crippen MR) is 134 cm³/mol. The Kier molecular flexibility index (Phi) is 4.96. The molecule has 0 bridgehead atoms. The van der Waals surface area contributed by atoms with Gasteiger partial charge in [-0.1, -0.05) is 26.0 Å². The van der Waals surface area contributed by atoms with Crippen LogP contribution in [-0.4, -0.2) is 45.8 Å². The number of amides is 2. The molecule has 1 aliphatic rings. The Morgan fingerprint density at radius 2 is 1.67 bits per heavy atom. The summed E-state index contributed by atoms with van der Waals surface area (Å²) < 4.78 is 3.70. The molecule has 2 amide bonds. The Morgan fingerprint density at radius 1 is 0.944 bits per heavy atom. The first-order chi connectivity index (χ1) is 17.4. The van der Waals surface area contributed by atoms with Gasteiger partial charge in [0, 0.05) is 11.9 Å². The first-order valence-corrected chi connectivity index (χ1v) is 12.0. The quantitative estimate of drug-likeness (QED) is 0.345. The SMILES string of the molecule is Cc1c(C)n(-c2cccnc2)c2ncn3nc([C@@H](CC(C)C)N4C(=O)c5ccccc5C4=O)nc3c12. The van der Waals surface area contributed by atoms with Gasteiger partial charge in [0.2, 0.25) is 0 Å². The number of aryl methyl sites for hydroxylation is 1. The Balaban J connectivity index is 1.53. The van der Waals surface area contributed by atoms with Crippen molar-refractivity contribution in [2.45, 2.75) is 40.2 Å². The maximum absolute atomic E-state index is 13.3. The number of carbonyl (C=O) groups excluding carboxylic acids is 2. The number of aromatic nitrogens is 6. The average Bonchev–Trinajstić information content (AvgIpc) is 3.50. The van der Waals surface area contributed by atoms with Crippen LogP contribution in [0.1, 0.15) is 64.1 Å². The van der Waals surface area contributed by atoms with Crippen molar-refractivity contribution >= 4 is 28.5 Å². The van der Waals surface area contributed by atoms with Crippen molar-refractivity contribution in [3.05, 3.63) is 83.3 Å². The Bertz CT molecular complexity index is 1630. The van der Waals surface area contributed by atoms with E-state index in [4.69, 9.17) is 15.1 Å². The van der Waals surface area contributed by atoms with Gasteiger partial charge in [0.15, 0.2) is 17.1 Å². The molecule has 0 saturated heterocycles. The maximum Gasteiger partial charge on any atom is 0.262 e. The molecule has 0 N–H and O–H groups in total. The van der Waals surface area contributed by atoms with E-state index in [1.807, 2.05) is 26.0 Å². The van der Waals surface area contributed by atoms with Crippen LogP contribution < -0.4 is 0 Å². The summed E-state index contributed by atoms with van der Waals surface area (Å²) in [5.41, 5.74) is 5.21. The monoisotopic (exact) mass is 479 g/mol. The first-order valence-electron chi connectivity index (χ1n) is 12.0. The van der Waals surface area contributed by atoms with Crippen LogP contribution >= 0.6 is 0 Å². The molecule has 5 heterocycles. The summed E-state index contributed by atoms with van der Waals surface area (Å²) in [7, 11) is 0. The summed E-state index contributed by atoms with van der Waals surface area (Å²) >= 11 is 0. The van der Waals surface area contributed by atoms with Crippen LogP contribution in [-0.2, 0) is 0 Å². The van der Waals surface area contributed by atoms with Gasteiger partial charge in [-0.25, -0.2) is 14.5 Å². The lowest BCUT2D eigenvalue weighted by Crippen LogP contribution is -2.35. The molecule has 1 aromatic carbocycles. The predicted octanol–water partition coefficient (Wildman–Crippen LogP) is 4.46. The number of fused-ring (bicyclic) bond motifs is 4. The Labute approximate surface area is 207 Å². The van der Waals surface area contributed by atoms with Gasteiger partial charge in [-0.3, -0.25) is 24.0 Å². The molecule has 36 heavy (non-hydrogen) atoms. The number of hydrogen-bond donors (Lipinski definition) is 0. The average molecular weight is 480 g/mol. The van der Waals surface area contributed by atoms with Crippen LogP contribution in [0.4, 0.5) is 0 Å². The molecule has 5 aromatic rings. The summed E-state index contributed by atoms with van der Waals surface area (Å²) in [4.78, 5) is 41.8. The van der Waals surface area contributed by atoms with Crippen molar-refractivity contribution in [2.75, 3.05) is 0 Å². The highest BCUT2D eigenvalue weighted by molar-refractivity contribution is 6.21. The minimum atomic E-state index is -0.589. The van der Waals surface area contributed by atoms with E-state index in [-0.39, 0.29) is 17.7 Å². The standard InChI is InChI=1S/C27H25N7O2/c1-15(2)12-21(34-26(35)19-9-5-6-10-20(19)27(34)36)23-30-25-22-16(3)17(4)33(18-8-7-11-28-13-18)24(22)29-14-32(25)31-23/h5-11,13-15,21H,12H2,1-4H3/t21-/m1/s1. The number of rotatable bonds is 5. The highest BCUT2D eigenvalue weighted by atomic mass is 16.2. The van der Waals surface area contributed by atoms with Crippen molar-refractivity contribution in [1.29, 1.82) is 0 Å². The molecule has 0 aliphatic carbocycles. The first kappa shape index (κ1) is 22.1. The number of hydrogen-bond acceptors (Lipinski definition) is 6. The molecule has 4 aromatic heterocycles. The molecule has 1 atom stereocenters.